The van der Waals surface area contributed by atoms with Crippen molar-refractivity contribution in [2.45, 2.75) is 6.42 Å². The van der Waals surface area contributed by atoms with Gasteiger partial charge in [0.2, 0.25) is 0 Å². The number of rotatable bonds is 4. The summed E-state index contributed by atoms with van der Waals surface area (Å²) in [6, 6.07) is 11.5. The van der Waals surface area contributed by atoms with E-state index < -0.39 is 0 Å². The molecule has 5 heteroatoms. The first kappa shape index (κ1) is 15.0. The Hall–Kier alpha value is -1.39. The zero-order valence-corrected chi connectivity index (χ0v) is 12.8. The van der Waals surface area contributed by atoms with Gasteiger partial charge >= 0.3 is 0 Å². The van der Waals surface area contributed by atoms with E-state index in [0.29, 0.717) is 29.1 Å². The Morgan fingerprint density at radius 3 is 2.70 bits per heavy atom. The first-order chi connectivity index (χ1) is 9.56. The van der Waals surface area contributed by atoms with Crippen molar-refractivity contribution in [3.63, 3.8) is 0 Å². The van der Waals surface area contributed by atoms with Crippen LogP contribution >= 0.6 is 27.5 Å². The minimum atomic E-state index is -0.257. The molecule has 0 aliphatic rings. The van der Waals surface area contributed by atoms with Crippen molar-refractivity contribution < 1.29 is 9.18 Å². The second-order valence-corrected chi connectivity index (χ2v) is 5.61. The molecule has 0 radical (unpaired) electrons. The van der Waals surface area contributed by atoms with E-state index >= 15 is 0 Å². The van der Waals surface area contributed by atoms with Crippen LogP contribution in [0.3, 0.4) is 0 Å². The molecule has 0 unspecified atom stereocenters. The average molecular weight is 357 g/mol. The van der Waals surface area contributed by atoms with Gasteiger partial charge in [-0.3, -0.25) is 4.79 Å². The summed E-state index contributed by atoms with van der Waals surface area (Å²) in [5.74, 6) is -0.489. The maximum absolute atomic E-state index is 13.4. The van der Waals surface area contributed by atoms with Crippen molar-refractivity contribution in [1.82, 2.24) is 5.32 Å². The Kier molecular flexibility index (Phi) is 5.15. The molecular formula is C15H12BrClFNO. The van der Waals surface area contributed by atoms with Gasteiger partial charge in [0.25, 0.3) is 5.91 Å². The molecular weight excluding hydrogens is 345 g/mol. The Labute approximate surface area is 130 Å². The Morgan fingerprint density at radius 2 is 2.00 bits per heavy atom. The number of hydrogen-bond donors (Lipinski definition) is 1. The summed E-state index contributed by atoms with van der Waals surface area (Å²) in [6.45, 7) is 0.365. The highest BCUT2D eigenvalue weighted by atomic mass is 79.9. The van der Waals surface area contributed by atoms with Crippen LogP contribution in [0.2, 0.25) is 5.02 Å². The number of halogens is 3. The van der Waals surface area contributed by atoms with Gasteiger partial charge in [0, 0.05) is 21.6 Å². The lowest BCUT2D eigenvalue weighted by atomic mass is 10.1. The zero-order valence-electron chi connectivity index (χ0n) is 10.5. The van der Waals surface area contributed by atoms with Gasteiger partial charge in [0.05, 0.1) is 0 Å². The molecule has 0 spiro atoms. The quantitative estimate of drug-likeness (QED) is 0.873. The first-order valence-electron chi connectivity index (χ1n) is 6.04. The molecule has 0 bridgehead atoms. The van der Waals surface area contributed by atoms with Gasteiger partial charge in [0.1, 0.15) is 5.82 Å². The fourth-order valence-corrected chi connectivity index (χ4v) is 2.66. The maximum Gasteiger partial charge on any atom is 0.251 e. The standard InChI is InChI=1S/C15H12BrClFNO/c16-12-7-11(8-13(17)9-12)15(20)19-6-5-10-3-1-2-4-14(10)18/h1-4,7-9H,5-6H2,(H,19,20). The SMILES string of the molecule is O=C(NCCc1ccccc1F)c1cc(Cl)cc(Br)c1. The molecule has 104 valence electrons. The molecule has 2 nitrogen and oxygen atoms in total. The van der Waals surface area contributed by atoms with Gasteiger partial charge in [-0.25, -0.2) is 4.39 Å². The van der Waals surface area contributed by atoms with Crippen LogP contribution in [0.15, 0.2) is 46.9 Å². The van der Waals surface area contributed by atoms with Gasteiger partial charge in [-0.2, -0.15) is 0 Å². The van der Waals surface area contributed by atoms with Crippen molar-refractivity contribution in [3.05, 3.63) is 68.9 Å². The summed E-state index contributed by atoms with van der Waals surface area (Å²) in [4.78, 5) is 11.9. The summed E-state index contributed by atoms with van der Waals surface area (Å²) in [5.41, 5.74) is 1.05. The van der Waals surface area contributed by atoms with Crippen molar-refractivity contribution >= 4 is 33.4 Å². The van der Waals surface area contributed by atoms with E-state index in [1.165, 1.54) is 6.07 Å². The highest BCUT2D eigenvalue weighted by Gasteiger charge is 2.08. The second kappa shape index (κ2) is 6.86. The minimum Gasteiger partial charge on any atom is -0.352 e. The molecule has 1 N–H and O–H groups in total. The van der Waals surface area contributed by atoms with E-state index in [-0.39, 0.29) is 11.7 Å². The molecule has 0 heterocycles. The summed E-state index contributed by atoms with van der Waals surface area (Å²) < 4.78 is 14.1. The van der Waals surface area contributed by atoms with Crippen molar-refractivity contribution in [3.8, 4) is 0 Å². The molecule has 0 aromatic heterocycles. The second-order valence-electron chi connectivity index (χ2n) is 4.26. The fraction of sp³-hybridized carbons (Fsp3) is 0.133. The fourth-order valence-electron chi connectivity index (χ4n) is 1.80. The summed E-state index contributed by atoms with van der Waals surface area (Å²) in [7, 11) is 0. The van der Waals surface area contributed by atoms with Gasteiger partial charge in [0.15, 0.2) is 0 Å². The highest BCUT2D eigenvalue weighted by Crippen LogP contribution is 2.19. The van der Waals surface area contributed by atoms with Gasteiger partial charge < -0.3 is 5.32 Å². The van der Waals surface area contributed by atoms with Crippen LogP contribution in [0.4, 0.5) is 4.39 Å². The molecule has 2 aromatic rings. The van der Waals surface area contributed by atoms with Crippen LogP contribution in [0, 0.1) is 5.82 Å². The number of nitrogens with one attached hydrogen (secondary N) is 1. The van der Waals surface area contributed by atoms with Crippen LogP contribution in [0.25, 0.3) is 0 Å². The average Bonchev–Trinajstić information content (AvgIpc) is 2.39. The number of hydrogen-bond acceptors (Lipinski definition) is 1. The predicted molar refractivity (Wildman–Crippen MR) is 81.6 cm³/mol. The van der Waals surface area contributed by atoms with E-state index in [2.05, 4.69) is 21.2 Å². The van der Waals surface area contributed by atoms with Crippen LogP contribution in [-0.2, 0) is 6.42 Å². The molecule has 0 fully saturated rings. The molecule has 0 saturated heterocycles. The molecule has 0 atom stereocenters. The minimum absolute atomic E-state index is 0.232. The third kappa shape index (κ3) is 4.05. The van der Waals surface area contributed by atoms with Crippen molar-refractivity contribution in [2.75, 3.05) is 6.54 Å². The molecule has 2 aromatic carbocycles. The lowest BCUT2D eigenvalue weighted by Gasteiger charge is -2.07. The van der Waals surface area contributed by atoms with E-state index in [1.807, 2.05) is 0 Å². The normalized spacial score (nSPS) is 10.3. The topological polar surface area (TPSA) is 29.1 Å². The zero-order chi connectivity index (χ0) is 14.5. The first-order valence-corrected chi connectivity index (χ1v) is 7.21. The van der Waals surface area contributed by atoms with E-state index in [1.54, 1.807) is 36.4 Å². The van der Waals surface area contributed by atoms with Gasteiger partial charge in [-0.15, -0.1) is 0 Å². The monoisotopic (exact) mass is 355 g/mol. The van der Waals surface area contributed by atoms with Crippen molar-refractivity contribution in [2.24, 2.45) is 0 Å². The van der Waals surface area contributed by atoms with Gasteiger partial charge in [-0.1, -0.05) is 45.7 Å². The van der Waals surface area contributed by atoms with Crippen LogP contribution in [0.5, 0.6) is 0 Å². The molecule has 0 saturated carbocycles. The van der Waals surface area contributed by atoms with Crippen LogP contribution < -0.4 is 5.32 Å². The lowest BCUT2D eigenvalue weighted by Crippen LogP contribution is -2.25. The number of benzene rings is 2. The van der Waals surface area contributed by atoms with Crippen LogP contribution in [0.1, 0.15) is 15.9 Å². The third-order valence-corrected chi connectivity index (χ3v) is 3.44. The number of carbonyl (C=O) groups is 1. The lowest BCUT2D eigenvalue weighted by molar-refractivity contribution is 0.0954. The molecule has 0 aliphatic carbocycles. The third-order valence-electron chi connectivity index (χ3n) is 2.76. The molecule has 20 heavy (non-hydrogen) atoms. The summed E-state index contributed by atoms with van der Waals surface area (Å²) in [5, 5.41) is 3.23. The summed E-state index contributed by atoms with van der Waals surface area (Å²) in [6.07, 6.45) is 0.445. The predicted octanol–water partition coefficient (Wildman–Crippen LogP) is 4.21. The Bertz CT molecular complexity index is 613. The Balaban J connectivity index is 1.94. The van der Waals surface area contributed by atoms with Crippen LogP contribution in [-0.4, -0.2) is 12.5 Å². The largest absolute Gasteiger partial charge is 0.352 e. The number of carbonyl (C=O) groups excluding carboxylic acids is 1. The number of amides is 1. The molecule has 0 aliphatic heterocycles. The van der Waals surface area contributed by atoms with E-state index in [4.69, 9.17) is 11.6 Å². The smallest absolute Gasteiger partial charge is 0.251 e. The maximum atomic E-state index is 13.4. The van der Waals surface area contributed by atoms with Crippen molar-refractivity contribution in [1.29, 1.82) is 0 Å². The van der Waals surface area contributed by atoms with E-state index in [0.717, 1.165) is 4.47 Å². The van der Waals surface area contributed by atoms with E-state index in [9.17, 15) is 9.18 Å². The summed E-state index contributed by atoms with van der Waals surface area (Å²) >= 11 is 9.17. The highest BCUT2D eigenvalue weighted by molar-refractivity contribution is 9.10. The molecule has 1 amide bonds. The molecule has 2 rings (SSSR count). The Morgan fingerprint density at radius 1 is 1.25 bits per heavy atom. The van der Waals surface area contributed by atoms with Gasteiger partial charge in [-0.05, 0) is 36.2 Å².